The molecular weight excluding hydrogens is 282 g/mol. The highest BCUT2D eigenvalue weighted by molar-refractivity contribution is 5.34. The molecule has 0 aromatic heterocycles. The predicted octanol–water partition coefficient (Wildman–Crippen LogP) is 5.55. The summed E-state index contributed by atoms with van der Waals surface area (Å²) in [5.41, 5.74) is 2.15. The van der Waals surface area contributed by atoms with Crippen LogP contribution in [-0.4, -0.2) is 7.11 Å². The van der Waals surface area contributed by atoms with Crippen LogP contribution in [0.25, 0.3) is 0 Å². The minimum Gasteiger partial charge on any atom is -0.501 e. The van der Waals surface area contributed by atoms with Crippen molar-refractivity contribution in [1.29, 1.82) is 5.26 Å². The van der Waals surface area contributed by atoms with Gasteiger partial charge in [0.25, 0.3) is 0 Å². The molecule has 23 heavy (non-hydrogen) atoms. The van der Waals surface area contributed by atoms with E-state index in [2.05, 4.69) is 24.3 Å². The first-order valence-electron chi connectivity index (χ1n) is 9.06. The van der Waals surface area contributed by atoms with Crippen molar-refractivity contribution in [2.24, 2.45) is 11.8 Å². The van der Waals surface area contributed by atoms with E-state index >= 15 is 0 Å². The SMILES string of the molecule is COC1=CC(C2CCCCC2)C(c2ccc(C#N)cc2)CCC1. The lowest BCUT2D eigenvalue weighted by molar-refractivity contribution is 0.242. The van der Waals surface area contributed by atoms with Crippen LogP contribution >= 0.6 is 0 Å². The van der Waals surface area contributed by atoms with Crippen LogP contribution < -0.4 is 0 Å². The first-order chi connectivity index (χ1) is 11.3. The molecule has 0 N–H and O–H groups in total. The average molecular weight is 309 g/mol. The third kappa shape index (κ3) is 3.78. The Morgan fingerprint density at radius 3 is 2.39 bits per heavy atom. The average Bonchev–Trinajstić information content (AvgIpc) is 2.85. The minimum atomic E-state index is 0.568. The molecule has 2 aliphatic rings. The van der Waals surface area contributed by atoms with Crippen molar-refractivity contribution in [1.82, 2.24) is 0 Å². The van der Waals surface area contributed by atoms with Crippen LogP contribution in [0.15, 0.2) is 36.1 Å². The summed E-state index contributed by atoms with van der Waals surface area (Å²) in [4.78, 5) is 0. The summed E-state index contributed by atoms with van der Waals surface area (Å²) in [6.07, 6.45) is 12.7. The van der Waals surface area contributed by atoms with Crippen LogP contribution in [0, 0.1) is 23.2 Å². The van der Waals surface area contributed by atoms with E-state index in [1.54, 1.807) is 0 Å². The highest BCUT2D eigenvalue weighted by atomic mass is 16.5. The lowest BCUT2D eigenvalue weighted by Gasteiger charge is -2.34. The number of nitriles is 1. The van der Waals surface area contributed by atoms with E-state index in [4.69, 9.17) is 10.00 Å². The van der Waals surface area contributed by atoms with E-state index in [0.717, 1.165) is 17.9 Å². The third-order valence-corrected chi connectivity index (χ3v) is 5.71. The smallest absolute Gasteiger partial charge is 0.0991 e. The van der Waals surface area contributed by atoms with Crippen molar-refractivity contribution in [2.45, 2.75) is 57.3 Å². The molecule has 0 saturated heterocycles. The number of hydrogen-bond donors (Lipinski definition) is 0. The van der Waals surface area contributed by atoms with E-state index in [1.165, 1.54) is 56.3 Å². The van der Waals surface area contributed by atoms with Crippen LogP contribution in [0.5, 0.6) is 0 Å². The second-order valence-electron chi connectivity index (χ2n) is 7.05. The summed E-state index contributed by atoms with van der Waals surface area (Å²) in [6.45, 7) is 0. The first kappa shape index (κ1) is 16.1. The number of hydrogen-bond acceptors (Lipinski definition) is 2. The molecule has 2 unspecified atom stereocenters. The van der Waals surface area contributed by atoms with Gasteiger partial charge in [-0.3, -0.25) is 0 Å². The van der Waals surface area contributed by atoms with Gasteiger partial charge in [-0.05, 0) is 67.2 Å². The van der Waals surface area contributed by atoms with Crippen molar-refractivity contribution >= 4 is 0 Å². The fourth-order valence-electron chi connectivity index (χ4n) is 4.45. The van der Waals surface area contributed by atoms with Crippen molar-refractivity contribution in [2.75, 3.05) is 7.11 Å². The molecule has 2 nitrogen and oxygen atoms in total. The molecule has 3 rings (SSSR count). The van der Waals surface area contributed by atoms with Gasteiger partial charge in [-0.1, -0.05) is 31.4 Å². The summed E-state index contributed by atoms with van der Waals surface area (Å²) in [5, 5.41) is 9.03. The largest absolute Gasteiger partial charge is 0.501 e. The minimum absolute atomic E-state index is 0.568. The van der Waals surface area contributed by atoms with Gasteiger partial charge >= 0.3 is 0 Å². The van der Waals surface area contributed by atoms with Gasteiger partial charge < -0.3 is 4.74 Å². The molecule has 0 bridgehead atoms. The topological polar surface area (TPSA) is 33.0 Å². The van der Waals surface area contributed by atoms with Gasteiger partial charge in [0.2, 0.25) is 0 Å². The highest BCUT2D eigenvalue weighted by Gasteiger charge is 2.32. The molecule has 1 fully saturated rings. The lowest BCUT2D eigenvalue weighted by atomic mass is 9.71. The molecule has 0 amide bonds. The normalized spacial score (nSPS) is 26.0. The molecule has 2 heteroatoms. The molecule has 1 aromatic carbocycles. The Kier molecular flexibility index (Phi) is 5.39. The number of nitrogens with zero attached hydrogens (tertiary/aromatic N) is 1. The van der Waals surface area contributed by atoms with Crippen LogP contribution in [-0.2, 0) is 4.74 Å². The van der Waals surface area contributed by atoms with Gasteiger partial charge in [0.1, 0.15) is 0 Å². The second-order valence-corrected chi connectivity index (χ2v) is 7.05. The van der Waals surface area contributed by atoms with Crippen molar-refractivity contribution in [3.05, 3.63) is 47.2 Å². The molecule has 2 atom stereocenters. The van der Waals surface area contributed by atoms with Crippen LogP contribution in [0.3, 0.4) is 0 Å². The van der Waals surface area contributed by atoms with Gasteiger partial charge in [0.05, 0.1) is 24.5 Å². The van der Waals surface area contributed by atoms with Gasteiger partial charge in [0, 0.05) is 6.42 Å². The maximum atomic E-state index is 9.03. The number of benzene rings is 1. The Morgan fingerprint density at radius 1 is 1.00 bits per heavy atom. The van der Waals surface area contributed by atoms with E-state index in [0.29, 0.717) is 11.8 Å². The monoisotopic (exact) mass is 309 g/mol. The molecule has 122 valence electrons. The van der Waals surface area contributed by atoms with Crippen LogP contribution in [0.4, 0.5) is 0 Å². The molecule has 2 aliphatic carbocycles. The molecule has 1 aromatic rings. The number of ether oxygens (including phenoxy) is 1. The zero-order chi connectivity index (χ0) is 16.1. The number of allylic oxidation sites excluding steroid dienone is 2. The summed E-state index contributed by atoms with van der Waals surface area (Å²) in [7, 11) is 1.81. The van der Waals surface area contributed by atoms with Crippen molar-refractivity contribution in [3.8, 4) is 6.07 Å². The molecule has 0 spiro atoms. The molecule has 0 heterocycles. The van der Waals surface area contributed by atoms with E-state index in [-0.39, 0.29) is 0 Å². The van der Waals surface area contributed by atoms with Gasteiger partial charge in [0.15, 0.2) is 0 Å². The quantitative estimate of drug-likeness (QED) is 0.733. The zero-order valence-corrected chi connectivity index (χ0v) is 14.1. The van der Waals surface area contributed by atoms with Gasteiger partial charge in [-0.15, -0.1) is 0 Å². The number of rotatable bonds is 3. The maximum absolute atomic E-state index is 9.03. The predicted molar refractivity (Wildman–Crippen MR) is 92.9 cm³/mol. The Labute approximate surface area is 140 Å². The highest BCUT2D eigenvalue weighted by Crippen LogP contribution is 2.44. The summed E-state index contributed by atoms with van der Waals surface area (Å²) < 4.78 is 5.63. The fourth-order valence-corrected chi connectivity index (χ4v) is 4.45. The molecule has 0 radical (unpaired) electrons. The Bertz CT molecular complexity index is 575. The first-order valence-corrected chi connectivity index (χ1v) is 9.06. The molecule has 0 aliphatic heterocycles. The van der Waals surface area contributed by atoms with E-state index < -0.39 is 0 Å². The van der Waals surface area contributed by atoms with E-state index in [1.807, 2.05) is 19.2 Å². The summed E-state index contributed by atoms with van der Waals surface area (Å²) >= 11 is 0. The lowest BCUT2D eigenvalue weighted by Crippen LogP contribution is -2.22. The molecule has 1 saturated carbocycles. The maximum Gasteiger partial charge on any atom is 0.0991 e. The Hall–Kier alpha value is -1.75. The van der Waals surface area contributed by atoms with Crippen LogP contribution in [0.2, 0.25) is 0 Å². The van der Waals surface area contributed by atoms with E-state index in [9.17, 15) is 0 Å². The number of methoxy groups -OCH3 is 1. The zero-order valence-electron chi connectivity index (χ0n) is 14.1. The standard InChI is InChI=1S/C21H27NO/c1-23-19-8-5-9-20(18-12-10-16(15-22)11-13-18)21(14-19)17-6-3-2-4-7-17/h10-14,17,20-21H,2-9H2,1H3. The van der Waals surface area contributed by atoms with Crippen LogP contribution in [0.1, 0.15) is 68.4 Å². The van der Waals surface area contributed by atoms with Crippen molar-refractivity contribution < 1.29 is 4.74 Å². The summed E-state index contributed by atoms with van der Waals surface area (Å²) in [5.74, 6) is 3.11. The summed E-state index contributed by atoms with van der Waals surface area (Å²) in [6, 6.07) is 10.5. The van der Waals surface area contributed by atoms with Gasteiger partial charge in [-0.25, -0.2) is 0 Å². The van der Waals surface area contributed by atoms with Gasteiger partial charge in [-0.2, -0.15) is 5.26 Å². The Balaban J connectivity index is 1.90. The second kappa shape index (κ2) is 7.68. The Morgan fingerprint density at radius 2 is 1.74 bits per heavy atom. The fraction of sp³-hybridized carbons (Fsp3) is 0.571. The molecular formula is C21H27NO. The third-order valence-electron chi connectivity index (χ3n) is 5.71. The van der Waals surface area contributed by atoms with Crippen molar-refractivity contribution in [3.63, 3.8) is 0 Å².